The molecule has 0 unspecified atom stereocenters. The molecule has 24 heavy (non-hydrogen) atoms. The van der Waals surface area contributed by atoms with Crippen LogP contribution in [0.4, 0.5) is 5.82 Å². The van der Waals surface area contributed by atoms with Crippen LogP contribution in [0.3, 0.4) is 0 Å². The van der Waals surface area contributed by atoms with E-state index < -0.39 is 0 Å². The molecule has 0 saturated heterocycles. The second kappa shape index (κ2) is 7.05. The lowest BCUT2D eigenvalue weighted by Gasteiger charge is -2.02. The van der Waals surface area contributed by atoms with Gasteiger partial charge in [0.25, 0.3) is 11.8 Å². The Morgan fingerprint density at radius 3 is 2.83 bits per heavy atom. The highest BCUT2D eigenvalue weighted by molar-refractivity contribution is 7.12. The smallest absolute Gasteiger partial charge is 0.272 e. The molecule has 0 bridgehead atoms. The number of carbonyl (C=O) groups excluding carboxylic acids is 2. The fourth-order valence-corrected chi connectivity index (χ4v) is 2.68. The average Bonchev–Trinajstić information content (AvgIpc) is 3.24. The predicted molar refractivity (Wildman–Crippen MR) is 90.9 cm³/mol. The molecule has 0 aromatic carbocycles. The lowest BCUT2D eigenvalue weighted by atomic mass is 10.3. The average molecular weight is 341 g/mol. The van der Waals surface area contributed by atoms with E-state index in [-0.39, 0.29) is 17.5 Å². The van der Waals surface area contributed by atoms with Crippen molar-refractivity contribution in [1.82, 2.24) is 20.1 Å². The van der Waals surface area contributed by atoms with Crippen LogP contribution < -0.4 is 10.6 Å². The maximum atomic E-state index is 12.2. The Labute approximate surface area is 142 Å². The van der Waals surface area contributed by atoms with Crippen molar-refractivity contribution in [1.29, 1.82) is 0 Å². The molecule has 3 aromatic heterocycles. The first-order valence-electron chi connectivity index (χ1n) is 7.19. The van der Waals surface area contributed by atoms with Gasteiger partial charge in [-0.3, -0.25) is 19.3 Å². The maximum absolute atomic E-state index is 12.2. The van der Waals surface area contributed by atoms with Gasteiger partial charge in [0.15, 0.2) is 5.69 Å². The monoisotopic (exact) mass is 341 g/mol. The molecule has 3 rings (SSSR count). The first-order valence-corrected chi connectivity index (χ1v) is 8.07. The summed E-state index contributed by atoms with van der Waals surface area (Å²) in [5.74, 6) is -0.0821. The van der Waals surface area contributed by atoms with Gasteiger partial charge in [-0.05, 0) is 23.1 Å². The van der Waals surface area contributed by atoms with E-state index in [9.17, 15) is 9.59 Å². The Hall–Kier alpha value is -3.00. The lowest BCUT2D eigenvalue weighted by molar-refractivity contribution is 0.0944. The molecule has 2 N–H and O–H groups in total. The van der Waals surface area contributed by atoms with E-state index in [1.54, 1.807) is 43.7 Å². The minimum Gasteiger partial charge on any atom is -0.347 e. The first kappa shape index (κ1) is 15.9. The van der Waals surface area contributed by atoms with Crippen molar-refractivity contribution >= 4 is 29.0 Å². The minimum atomic E-state index is -0.314. The van der Waals surface area contributed by atoms with Crippen molar-refractivity contribution in [2.45, 2.75) is 6.54 Å². The Morgan fingerprint density at radius 2 is 2.12 bits per heavy atom. The van der Waals surface area contributed by atoms with Crippen molar-refractivity contribution < 1.29 is 9.59 Å². The number of aryl methyl sites for hydroxylation is 1. The standard InChI is InChI=1S/C16H15N5O2S/c1-21-14(19-16(23)13-5-3-7-24-13)8-12(20-21)15(22)18-10-11-4-2-6-17-9-11/h2-9H,10H2,1H3,(H,18,22)(H,19,23). The molecule has 0 aliphatic heterocycles. The number of hydrogen-bond acceptors (Lipinski definition) is 5. The third kappa shape index (κ3) is 3.66. The van der Waals surface area contributed by atoms with Gasteiger partial charge in [-0.15, -0.1) is 11.3 Å². The third-order valence-corrected chi connectivity index (χ3v) is 4.14. The van der Waals surface area contributed by atoms with E-state index in [0.29, 0.717) is 17.2 Å². The zero-order valence-electron chi connectivity index (χ0n) is 12.9. The van der Waals surface area contributed by atoms with Crippen molar-refractivity contribution in [2.24, 2.45) is 7.05 Å². The van der Waals surface area contributed by atoms with E-state index in [2.05, 4.69) is 20.7 Å². The first-order chi connectivity index (χ1) is 11.6. The molecule has 0 radical (unpaired) electrons. The van der Waals surface area contributed by atoms with Crippen molar-refractivity contribution in [3.63, 3.8) is 0 Å². The summed E-state index contributed by atoms with van der Waals surface area (Å²) in [4.78, 5) is 28.8. The predicted octanol–water partition coefficient (Wildman–Crippen LogP) is 2.06. The number of pyridine rings is 1. The molecule has 2 amide bonds. The summed E-state index contributed by atoms with van der Waals surface area (Å²) in [5.41, 5.74) is 1.14. The van der Waals surface area contributed by atoms with Crippen LogP contribution in [0.5, 0.6) is 0 Å². The van der Waals surface area contributed by atoms with Gasteiger partial charge in [0.05, 0.1) is 4.88 Å². The highest BCUT2D eigenvalue weighted by atomic mass is 32.1. The van der Waals surface area contributed by atoms with Crippen molar-refractivity contribution in [3.05, 3.63) is 64.2 Å². The molecule has 0 aliphatic rings. The van der Waals surface area contributed by atoms with Crippen LogP contribution in [0, 0.1) is 0 Å². The molecule has 0 aliphatic carbocycles. The number of hydrogen-bond donors (Lipinski definition) is 2. The third-order valence-electron chi connectivity index (χ3n) is 3.27. The molecule has 0 atom stereocenters. The van der Waals surface area contributed by atoms with Gasteiger partial charge in [-0.25, -0.2) is 0 Å². The van der Waals surface area contributed by atoms with E-state index in [1.165, 1.54) is 16.0 Å². The summed E-state index contributed by atoms with van der Waals surface area (Å²) < 4.78 is 1.46. The fraction of sp³-hybridized carbons (Fsp3) is 0.125. The van der Waals surface area contributed by atoms with Gasteiger partial charge in [0.1, 0.15) is 5.82 Å². The minimum absolute atomic E-state index is 0.227. The van der Waals surface area contributed by atoms with Crippen LogP contribution in [-0.2, 0) is 13.6 Å². The Balaban J connectivity index is 1.64. The van der Waals surface area contributed by atoms with Crippen LogP contribution in [0.1, 0.15) is 25.7 Å². The van der Waals surface area contributed by atoms with Crippen molar-refractivity contribution in [3.8, 4) is 0 Å². The van der Waals surface area contributed by atoms with Crippen LogP contribution in [0.2, 0.25) is 0 Å². The number of amides is 2. The van der Waals surface area contributed by atoms with Crippen molar-refractivity contribution in [2.75, 3.05) is 5.32 Å². The Morgan fingerprint density at radius 1 is 1.25 bits per heavy atom. The highest BCUT2D eigenvalue weighted by Crippen LogP contribution is 2.14. The van der Waals surface area contributed by atoms with Crippen LogP contribution in [0.25, 0.3) is 0 Å². The molecule has 3 heterocycles. The zero-order valence-corrected chi connectivity index (χ0v) is 13.7. The number of carbonyl (C=O) groups is 2. The number of anilines is 1. The summed E-state index contributed by atoms with van der Waals surface area (Å²) in [6.07, 6.45) is 3.36. The Bertz CT molecular complexity index is 843. The summed E-state index contributed by atoms with van der Waals surface area (Å²) in [6.45, 7) is 0.361. The largest absolute Gasteiger partial charge is 0.347 e. The van der Waals surface area contributed by atoms with Gasteiger partial charge >= 0.3 is 0 Å². The van der Waals surface area contributed by atoms with Crippen LogP contribution in [-0.4, -0.2) is 26.6 Å². The van der Waals surface area contributed by atoms with E-state index in [1.807, 2.05) is 11.4 Å². The lowest BCUT2D eigenvalue weighted by Crippen LogP contribution is -2.23. The number of rotatable bonds is 5. The quantitative estimate of drug-likeness (QED) is 0.743. The second-order valence-corrected chi connectivity index (χ2v) is 5.96. The maximum Gasteiger partial charge on any atom is 0.272 e. The topological polar surface area (TPSA) is 88.9 Å². The molecule has 0 spiro atoms. The SMILES string of the molecule is Cn1nc(C(=O)NCc2cccnc2)cc1NC(=O)c1cccs1. The van der Waals surface area contributed by atoms with Crippen LogP contribution >= 0.6 is 11.3 Å². The normalized spacial score (nSPS) is 10.4. The highest BCUT2D eigenvalue weighted by Gasteiger charge is 2.15. The molecule has 3 aromatic rings. The summed E-state index contributed by atoms with van der Waals surface area (Å²) in [7, 11) is 1.67. The van der Waals surface area contributed by atoms with E-state index in [4.69, 9.17) is 0 Å². The molecular formula is C16H15N5O2S. The second-order valence-electron chi connectivity index (χ2n) is 5.01. The zero-order chi connectivity index (χ0) is 16.9. The summed E-state index contributed by atoms with van der Waals surface area (Å²) in [5, 5.41) is 11.5. The van der Waals surface area contributed by atoms with Gasteiger partial charge in [0.2, 0.25) is 0 Å². The summed E-state index contributed by atoms with van der Waals surface area (Å²) in [6, 6.07) is 8.76. The van der Waals surface area contributed by atoms with E-state index in [0.717, 1.165) is 5.56 Å². The van der Waals surface area contributed by atoms with Gasteiger partial charge in [0, 0.05) is 32.1 Å². The number of nitrogens with one attached hydrogen (secondary N) is 2. The summed E-state index contributed by atoms with van der Waals surface area (Å²) >= 11 is 1.35. The molecule has 0 fully saturated rings. The number of nitrogens with zero attached hydrogens (tertiary/aromatic N) is 3. The molecule has 7 nitrogen and oxygen atoms in total. The Kier molecular flexibility index (Phi) is 4.66. The number of aromatic nitrogens is 3. The van der Waals surface area contributed by atoms with Gasteiger partial charge < -0.3 is 10.6 Å². The van der Waals surface area contributed by atoms with Gasteiger partial charge in [-0.2, -0.15) is 5.10 Å². The van der Waals surface area contributed by atoms with E-state index >= 15 is 0 Å². The number of thiophene rings is 1. The van der Waals surface area contributed by atoms with Gasteiger partial charge in [-0.1, -0.05) is 12.1 Å². The fourth-order valence-electron chi connectivity index (χ4n) is 2.06. The molecular weight excluding hydrogens is 326 g/mol. The molecule has 122 valence electrons. The van der Waals surface area contributed by atoms with Crippen LogP contribution in [0.15, 0.2) is 48.1 Å². The molecule has 0 saturated carbocycles. The molecule has 8 heteroatoms.